The second-order valence-corrected chi connectivity index (χ2v) is 9.02. The number of imide groups is 1. The first kappa shape index (κ1) is 23.9. The molecule has 2 aliphatic rings. The summed E-state index contributed by atoms with van der Waals surface area (Å²) < 4.78 is 11.5. The van der Waals surface area contributed by atoms with Crippen molar-refractivity contribution in [3.05, 3.63) is 90.0 Å². The fourth-order valence-corrected chi connectivity index (χ4v) is 4.85. The summed E-state index contributed by atoms with van der Waals surface area (Å²) in [5.41, 5.74) is 2.48. The largest absolute Gasteiger partial charge is 0.493 e. The number of anilines is 1. The highest BCUT2D eigenvalue weighted by atomic mass is 16.7. The molecule has 5 rings (SSSR count). The highest BCUT2D eigenvalue weighted by Gasteiger charge is 2.59. The number of unbranched alkanes of at least 4 members (excludes halogenated alkanes) is 1. The number of rotatable bonds is 9. The summed E-state index contributed by atoms with van der Waals surface area (Å²) in [6.45, 7) is 2.93. The molecule has 2 fully saturated rings. The van der Waals surface area contributed by atoms with Crippen LogP contribution in [0.15, 0.2) is 78.9 Å². The molecular formula is C29H30N2O5. The molecule has 186 valence electrons. The first-order valence-corrected chi connectivity index (χ1v) is 12.3. The Balaban J connectivity index is 1.50. The molecule has 3 aromatic carbocycles. The minimum atomic E-state index is -0.891. The van der Waals surface area contributed by atoms with E-state index < -0.39 is 18.1 Å². The van der Waals surface area contributed by atoms with Crippen LogP contribution in [-0.4, -0.2) is 36.5 Å². The molecule has 7 heteroatoms. The van der Waals surface area contributed by atoms with Gasteiger partial charge >= 0.3 is 0 Å². The summed E-state index contributed by atoms with van der Waals surface area (Å²) in [5, 5.41) is 1.69. The third-order valence-corrected chi connectivity index (χ3v) is 6.69. The van der Waals surface area contributed by atoms with Crippen molar-refractivity contribution in [1.29, 1.82) is 0 Å². The molecule has 7 nitrogen and oxygen atoms in total. The van der Waals surface area contributed by atoms with Crippen molar-refractivity contribution >= 4 is 17.5 Å². The Morgan fingerprint density at radius 1 is 0.889 bits per heavy atom. The summed E-state index contributed by atoms with van der Waals surface area (Å²) >= 11 is 0. The second kappa shape index (κ2) is 10.4. The number of fused-ring (bicyclic) bond motifs is 1. The van der Waals surface area contributed by atoms with Gasteiger partial charge in [0, 0.05) is 0 Å². The zero-order valence-corrected chi connectivity index (χ0v) is 20.5. The van der Waals surface area contributed by atoms with E-state index in [4.69, 9.17) is 14.3 Å². The molecule has 0 radical (unpaired) electrons. The molecule has 3 atom stereocenters. The van der Waals surface area contributed by atoms with Crippen LogP contribution in [0.25, 0.3) is 0 Å². The Labute approximate surface area is 211 Å². The number of amides is 2. The van der Waals surface area contributed by atoms with Crippen LogP contribution in [0, 0.1) is 5.92 Å². The van der Waals surface area contributed by atoms with Crippen molar-refractivity contribution in [1.82, 2.24) is 4.90 Å². The fraction of sp³-hybridized carbons (Fsp3) is 0.310. The molecule has 0 unspecified atom stereocenters. The van der Waals surface area contributed by atoms with Gasteiger partial charge in [0.25, 0.3) is 5.91 Å². The van der Waals surface area contributed by atoms with E-state index in [0.717, 1.165) is 29.7 Å². The number of para-hydroxylation sites is 1. The van der Waals surface area contributed by atoms with E-state index in [-0.39, 0.29) is 18.4 Å². The molecule has 36 heavy (non-hydrogen) atoms. The van der Waals surface area contributed by atoms with Gasteiger partial charge in [-0.1, -0.05) is 67.9 Å². The van der Waals surface area contributed by atoms with Crippen LogP contribution in [0.4, 0.5) is 5.69 Å². The predicted octanol–water partition coefficient (Wildman–Crippen LogP) is 4.92. The number of methoxy groups -OCH3 is 1. The second-order valence-electron chi connectivity index (χ2n) is 9.02. The van der Waals surface area contributed by atoms with Crippen molar-refractivity contribution in [2.45, 2.75) is 38.5 Å². The molecular weight excluding hydrogens is 456 g/mol. The lowest BCUT2D eigenvalue weighted by molar-refractivity contribution is -0.143. The van der Waals surface area contributed by atoms with Gasteiger partial charge in [0.15, 0.2) is 17.6 Å². The molecule has 2 heterocycles. The van der Waals surface area contributed by atoms with Gasteiger partial charge in [-0.25, -0.2) is 5.06 Å². The van der Waals surface area contributed by atoms with Crippen LogP contribution in [0.1, 0.15) is 36.9 Å². The van der Waals surface area contributed by atoms with Crippen molar-refractivity contribution < 1.29 is 23.9 Å². The Morgan fingerprint density at radius 2 is 1.61 bits per heavy atom. The van der Waals surface area contributed by atoms with Crippen LogP contribution in [0.3, 0.4) is 0 Å². The number of likely N-dealkylation sites (tertiary alicyclic amines) is 1. The van der Waals surface area contributed by atoms with Gasteiger partial charge in [0.05, 0.1) is 32.0 Å². The lowest BCUT2D eigenvalue weighted by Crippen LogP contribution is -2.36. The van der Waals surface area contributed by atoms with Gasteiger partial charge in [-0.2, -0.15) is 0 Å². The predicted molar refractivity (Wildman–Crippen MR) is 135 cm³/mol. The number of carbonyl (C=O) groups excluding carboxylic acids is 2. The van der Waals surface area contributed by atoms with Crippen LogP contribution < -0.4 is 14.5 Å². The minimum absolute atomic E-state index is 0.223. The molecule has 0 spiro atoms. The zero-order chi connectivity index (χ0) is 25.1. The topological polar surface area (TPSA) is 68.3 Å². The average Bonchev–Trinajstić information content (AvgIpc) is 3.42. The first-order valence-electron chi connectivity index (χ1n) is 12.3. The average molecular weight is 487 g/mol. The molecule has 0 N–H and O–H groups in total. The van der Waals surface area contributed by atoms with Crippen molar-refractivity contribution in [3.63, 3.8) is 0 Å². The van der Waals surface area contributed by atoms with Gasteiger partial charge in [-0.05, 0) is 41.8 Å². The molecule has 3 aromatic rings. The SMILES string of the molecule is CCCCOc1ccc([C@@H]2[C@H]3C(=O)N(Cc4ccccc4)C(=O)[C@@H]3ON2c2ccccc2)cc1OC. The third kappa shape index (κ3) is 4.42. The maximum atomic E-state index is 13.7. The Hall–Kier alpha value is -3.84. The molecule has 2 amide bonds. The zero-order valence-electron chi connectivity index (χ0n) is 20.5. The van der Waals surface area contributed by atoms with Gasteiger partial charge in [0.2, 0.25) is 5.91 Å². The lowest BCUT2D eigenvalue weighted by Gasteiger charge is -2.29. The van der Waals surface area contributed by atoms with E-state index >= 15 is 0 Å². The number of hydrogen-bond donors (Lipinski definition) is 0. The van der Waals surface area contributed by atoms with Crippen LogP contribution in [0.5, 0.6) is 11.5 Å². The summed E-state index contributed by atoms with van der Waals surface area (Å²) in [6.07, 6.45) is 1.09. The molecule has 0 bridgehead atoms. The number of carbonyl (C=O) groups is 2. The van der Waals surface area contributed by atoms with Crippen molar-refractivity contribution in [3.8, 4) is 11.5 Å². The molecule has 0 aliphatic carbocycles. The van der Waals surface area contributed by atoms with Crippen LogP contribution >= 0.6 is 0 Å². The minimum Gasteiger partial charge on any atom is -0.493 e. The fourth-order valence-electron chi connectivity index (χ4n) is 4.85. The molecule has 0 aromatic heterocycles. The number of hydrogen-bond acceptors (Lipinski definition) is 6. The Bertz CT molecular complexity index is 1220. The molecule has 2 aliphatic heterocycles. The highest BCUT2D eigenvalue weighted by molar-refractivity contribution is 6.07. The Morgan fingerprint density at radius 3 is 2.31 bits per heavy atom. The summed E-state index contributed by atoms with van der Waals surface area (Å²) in [5.74, 6) is -0.00444. The third-order valence-electron chi connectivity index (χ3n) is 6.69. The van der Waals surface area contributed by atoms with Gasteiger partial charge < -0.3 is 9.47 Å². The van der Waals surface area contributed by atoms with Gasteiger partial charge in [-0.15, -0.1) is 0 Å². The smallest absolute Gasteiger partial charge is 0.262 e. The van der Waals surface area contributed by atoms with Gasteiger partial charge in [0.1, 0.15) is 5.92 Å². The summed E-state index contributed by atoms with van der Waals surface area (Å²) in [7, 11) is 1.60. The summed E-state index contributed by atoms with van der Waals surface area (Å²) in [6, 6.07) is 24.2. The van der Waals surface area contributed by atoms with Crippen LogP contribution in [-0.2, 0) is 21.0 Å². The quantitative estimate of drug-likeness (QED) is 0.316. The normalized spacial score (nSPS) is 21.1. The first-order chi connectivity index (χ1) is 17.6. The lowest BCUT2D eigenvalue weighted by atomic mass is 9.90. The molecule has 2 saturated heterocycles. The number of hydroxylamine groups is 1. The number of ether oxygens (including phenoxy) is 2. The standard InChI is InChI=1S/C29H30N2O5/c1-3-4-17-35-23-16-15-21(18-24(23)34-2)26-25-27(36-31(26)22-13-9-6-10-14-22)29(33)30(28(25)32)19-20-11-7-5-8-12-20/h5-16,18,25-27H,3-4,17,19H2,1-2H3/t25-,26-,27-/m1/s1. The van der Waals surface area contributed by atoms with E-state index in [2.05, 4.69) is 6.92 Å². The van der Waals surface area contributed by atoms with Crippen molar-refractivity contribution in [2.75, 3.05) is 18.8 Å². The number of nitrogens with zero attached hydrogens (tertiary/aromatic N) is 2. The van der Waals surface area contributed by atoms with E-state index in [1.54, 1.807) is 12.2 Å². The van der Waals surface area contributed by atoms with E-state index in [1.165, 1.54) is 4.90 Å². The maximum Gasteiger partial charge on any atom is 0.262 e. The summed E-state index contributed by atoms with van der Waals surface area (Å²) in [4.78, 5) is 34.6. The number of benzene rings is 3. The Kier molecular flexibility index (Phi) is 6.91. The van der Waals surface area contributed by atoms with E-state index in [1.807, 2.05) is 78.9 Å². The van der Waals surface area contributed by atoms with E-state index in [9.17, 15) is 9.59 Å². The maximum absolute atomic E-state index is 13.7. The van der Waals surface area contributed by atoms with Crippen molar-refractivity contribution in [2.24, 2.45) is 5.92 Å². The highest BCUT2D eigenvalue weighted by Crippen LogP contribution is 2.48. The molecule has 0 saturated carbocycles. The van der Waals surface area contributed by atoms with Crippen LogP contribution in [0.2, 0.25) is 0 Å². The van der Waals surface area contributed by atoms with Gasteiger partial charge in [-0.3, -0.25) is 19.3 Å². The monoisotopic (exact) mass is 486 g/mol. The van der Waals surface area contributed by atoms with E-state index in [0.29, 0.717) is 18.1 Å².